The van der Waals surface area contributed by atoms with Crippen LogP contribution in [-0.2, 0) is 4.74 Å². The highest BCUT2D eigenvalue weighted by Crippen LogP contribution is 2.33. The molecule has 2 rings (SSSR count). The number of aliphatic hydroxyl groups is 1. The molecule has 0 aliphatic carbocycles. The first-order valence-electron chi connectivity index (χ1n) is 7.50. The summed E-state index contributed by atoms with van der Waals surface area (Å²) in [4.78, 5) is 12.0. The summed E-state index contributed by atoms with van der Waals surface area (Å²) in [6, 6.07) is 7.78. The van der Waals surface area contributed by atoms with Crippen molar-refractivity contribution in [3.63, 3.8) is 0 Å². The molecule has 2 aromatic carbocycles. The molecule has 0 bridgehead atoms. The summed E-state index contributed by atoms with van der Waals surface area (Å²) >= 11 is 5.94. The largest absolute Gasteiger partial charge is 0.444 e. The van der Waals surface area contributed by atoms with Crippen molar-refractivity contribution in [2.24, 2.45) is 0 Å². The highest BCUT2D eigenvalue weighted by atomic mass is 35.5. The fourth-order valence-corrected chi connectivity index (χ4v) is 2.37. The van der Waals surface area contributed by atoms with Crippen molar-refractivity contribution in [2.45, 2.75) is 32.5 Å². The molecule has 4 nitrogen and oxygen atoms in total. The zero-order valence-electron chi connectivity index (χ0n) is 13.9. The molecule has 1 atom stereocenters. The molecule has 25 heavy (non-hydrogen) atoms. The molecule has 0 radical (unpaired) electrons. The number of carbonyl (C=O) groups excluding carboxylic acids is 1. The van der Waals surface area contributed by atoms with E-state index in [0.717, 1.165) is 6.07 Å². The van der Waals surface area contributed by atoms with Crippen LogP contribution in [0, 0.1) is 11.6 Å². The van der Waals surface area contributed by atoms with Crippen molar-refractivity contribution < 1.29 is 23.4 Å². The van der Waals surface area contributed by atoms with E-state index in [4.69, 9.17) is 16.3 Å². The molecule has 0 saturated carbocycles. The smallest absolute Gasteiger partial charge is 0.412 e. The Labute approximate surface area is 149 Å². The Morgan fingerprint density at radius 3 is 2.52 bits per heavy atom. The summed E-state index contributed by atoms with van der Waals surface area (Å²) < 4.78 is 32.6. The van der Waals surface area contributed by atoms with Crippen molar-refractivity contribution in [1.82, 2.24) is 0 Å². The van der Waals surface area contributed by atoms with Crippen LogP contribution in [0.3, 0.4) is 0 Å². The molecule has 0 heterocycles. The number of amides is 1. The molecule has 0 spiro atoms. The van der Waals surface area contributed by atoms with Crippen LogP contribution in [0.25, 0.3) is 0 Å². The van der Waals surface area contributed by atoms with Crippen LogP contribution in [0.15, 0.2) is 36.4 Å². The van der Waals surface area contributed by atoms with Crippen LogP contribution in [-0.4, -0.2) is 16.8 Å². The van der Waals surface area contributed by atoms with E-state index in [2.05, 4.69) is 5.32 Å². The van der Waals surface area contributed by atoms with Crippen LogP contribution in [0.2, 0.25) is 5.02 Å². The molecule has 0 saturated heterocycles. The molecule has 1 amide bonds. The Bertz CT molecular complexity index is 790. The maximum atomic E-state index is 14.0. The number of benzene rings is 2. The third-order valence-electron chi connectivity index (χ3n) is 3.22. The van der Waals surface area contributed by atoms with Gasteiger partial charge in [0.25, 0.3) is 0 Å². The number of carbonyl (C=O) groups is 1. The summed E-state index contributed by atoms with van der Waals surface area (Å²) in [6.45, 7) is 5.10. The lowest BCUT2D eigenvalue weighted by Crippen LogP contribution is -2.27. The number of hydrogen-bond donors (Lipinski definition) is 2. The average molecular weight is 370 g/mol. The lowest BCUT2D eigenvalue weighted by Gasteiger charge is -2.22. The van der Waals surface area contributed by atoms with Crippen LogP contribution in [0.5, 0.6) is 0 Å². The minimum absolute atomic E-state index is 0.114. The molecule has 0 aromatic heterocycles. The van der Waals surface area contributed by atoms with E-state index in [9.17, 15) is 18.7 Å². The van der Waals surface area contributed by atoms with E-state index in [0.29, 0.717) is 0 Å². The fourth-order valence-electron chi connectivity index (χ4n) is 2.19. The van der Waals surface area contributed by atoms with Gasteiger partial charge in [0.15, 0.2) is 11.6 Å². The van der Waals surface area contributed by atoms with Crippen LogP contribution < -0.4 is 5.32 Å². The molecule has 0 fully saturated rings. The molecule has 0 aliphatic rings. The zero-order valence-corrected chi connectivity index (χ0v) is 14.7. The highest BCUT2D eigenvalue weighted by molar-refractivity contribution is 6.30. The van der Waals surface area contributed by atoms with E-state index in [1.165, 1.54) is 30.3 Å². The number of halogens is 3. The molecule has 1 unspecified atom stereocenters. The predicted octanol–water partition coefficient (Wildman–Crippen LogP) is 5.05. The lowest BCUT2D eigenvalue weighted by molar-refractivity contribution is 0.0635. The molecule has 2 N–H and O–H groups in total. The first kappa shape index (κ1) is 19.1. The lowest BCUT2D eigenvalue weighted by atomic mass is 9.99. The van der Waals surface area contributed by atoms with Crippen molar-refractivity contribution in [1.29, 1.82) is 0 Å². The molecular formula is C18H18ClF2NO3. The van der Waals surface area contributed by atoms with Gasteiger partial charge in [0, 0.05) is 16.1 Å². The number of ether oxygens (including phenoxy) is 1. The van der Waals surface area contributed by atoms with Gasteiger partial charge in [-0.1, -0.05) is 23.7 Å². The Morgan fingerprint density at radius 1 is 1.20 bits per heavy atom. The predicted molar refractivity (Wildman–Crippen MR) is 91.7 cm³/mol. The van der Waals surface area contributed by atoms with E-state index in [1.807, 2.05) is 0 Å². The van der Waals surface area contributed by atoms with Gasteiger partial charge in [-0.15, -0.1) is 0 Å². The van der Waals surface area contributed by atoms with Gasteiger partial charge >= 0.3 is 6.09 Å². The van der Waals surface area contributed by atoms with Crippen molar-refractivity contribution >= 4 is 23.4 Å². The number of rotatable bonds is 3. The summed E-state index contributed by atoms with van der Waals surface area (Å²) in [5.74, 6) is -2.25. The van der Waals surface area contributed by atoms with Crippen molar-refractivity contribution in [2.75, 3.05) is 5.32 Å². The van der Waals surface area contributed by atoms with Crippen molar-refractivity contribution in [3.8, 4) is 0 Å². The van der Waals surface area contributed by atoms with Gasteiger partial charge < -0.3 is 9.84 Å². The minimum atomic E-state index is -1.53. The molecule has 7 heteroatoms. The fraction of sp³-hybridized carbons (Fsp3) is 0.278. The topological polar surface area (TPSA) is 58.6 Å². The molecular weight excluding hydrogens is 352 g/mol. The van der Waals surface area contributed by atoms with E-state index in [-0.39, 0.29) is 21.8 Å². The number of aliphatic hydroxyl groups excluding tert-OH is 1. The zero-order chi connectivity index (χ0) is 18.8. The maximum absolute atomic E-state index is 14.0. The standard InChI is InChI=1S/C18H18ClF2NO3/c1-18(2,3)25-17(24)22-14-8-7-10(19)9-12(14)16(23)11-5-4-6-13(20)15(11)21/h4-9,16,23H,1-3H3,(H,22,24). The van der Waals surface area contributed by atoms with Crippen LogP contribution in [0.1, 0.15) is 38.0 Å². The van der Waals surface area contributed by atoms with Gasteiger partial charge in [-0.05, 0) is 45.0 Å². The number of hydrogen-bond acceptors (Lipinski definition) is 3. The quantitative estimate of drug-likeness (QED) is 0.796. The minimum Gasteiger partial charge on any atom is -0.444 e. The van der Waals surface area contributed by atoms with Gasteiger partial charge in [0.2, 0.25) is 0 Å². The highest BCUT2D eigenvalue weighted by Gasteiger charge is 2.23. The second-order valence-corrected chi connectivity index (χ2v) is 6.84. The number of anilines is 1. The Hall–Kier alpha value is -2.18. The second kappa shape index (κ2) is 7.37. The van der Waals surface area contributed by atoms with Gasteiger partial charge in [-0.3, -0.25) is 5.32 Å². The Kier molecular flexibility index (Phi) is 5.65. The maximum Gasteiger partial charge on any atom is 0.412 e. The monoisotopic (exact) mass is 369 g/mol. The molecule has 2 aromatic rings. The summed E-state index contributed by atoms with van der Waals surface area (Å²) in [5, 5.41) is 13.2. The first-order chi connectivity index (χ1) is 11.6. The number of nitrogens with one attached hydrogen (secondary N) is 1. The van der Waals surface area contributed by atoms with Crippen LogP contribution >= 0.6 is 11.6 Å². The Morgan fingerprint density at radius 2 is 1.88 bits per heavy atom. The summed E-state index contributed by atoms with van der Waals surface area (Å²) in [7, 11) is 0. The SMILES string of the molecule is CC(C)(C)OC(=O)Nc1ccc(Cl)cc1C(O)c1cccc(F)c1F. The second-order valence-electron chi connectivity index (χ2n) is 6.40. The normalized spacial score (nSPS) is 12.6. The molecule has 0 aliphatic heterocycles. The first-order valence-corrected chi connectivity index (χ1v) is 7.87. The van der Waals surface area contributed by atoms with Gasteiger partial charge in [-0.2, -0.15) is 0 Å². The van der Waals surface area contributed by atoms with Gasteiger partial charge in [0.1, 0.15) is 11.7 Å². The van der Waals surface area contributed by atoms with Crippen LogP contribution in [0.4, 0.5) is 19.3 Å². The van der Waals surface area contributed by atoms with Gasteiger partial charge in [-0.25, -0.2) is 13.6 Å². The van der Waals surface area contributed by atoms with E-state index < -0.39 is 29.4 Å². The summed E-state index contributed by atoms with van der Waals surface area (Å²) in [5.41, 5.74) is -0.698. The summed E-state index contributed by atoms with van der Waals surface area (Å²) in [6.07, 6.45) is -2.28. The Balaban J connectivity index is 2.38. The van der Waals surface area contributed by atoms with Gasteiger partial charge in [0.05, 0.1) is 5.69 Å². The van der Waals surface area contributed by atoms with Crippen molar-refractivity contribution in [3.05, 3.63) is 64.2 Å². The van der Waals surface area contributed by atoms with E-state index >= 15 is 0 Å². The molecule has 134 valence electrons. The third-order valence-corrected chi connectivity index (χ3v) is 3.45. The third kappa shape index (κ3) is 4.90. The average Bonchev–Trinajstić information content (AvgIpc) is 2.49. The van der Waals surface area contributed by atoms with E-state index in [1.54, 1.807) is 20.8 Å².